The second-order valence-corrected chi connectivity index (χ2v) is 3.16. The first kappa shape index (κ1) is 8.62. The molecule has 0 aromatic heterocycles. The van der Waals surface area contributed by atoms with Crippen molar-refractivity contribution < 1.29 is 10.2 Å². The zero-order valence-electron chi connectivity index (χ0n) is 4.87. The van der Waals surface area contributed by atoms with Gasteiger partial charge in [0, 0.05) is 0 Å². The van der Waals surface area contributed by atoms with Crippen molar-refractivity contribution in [1.82, 2.24) is 0 Å². The van der Waals surface area contributed by atoms with Crippen LogP contribution in [0.25, 0.3) is 0 Å². The molecule has 50 valence electrons. The predicted molar refractivity (Wildman–Crippen MR) is 39.0 cm³/mol. The van der Waals surface area contributed by atoms with Gasteiger partial charge in [-0.3, -0.25) is 0 Å². The third kappa shape index (κ3) is 2.81. The molecule has 8 heavy (non-hydrogen) atoms. The highest BCUT2D eigenvalue weighted by Crippen LogP contribution is 2.15. The molecule has 0 aromatic carbocycles. The first-order chi connectivity index (χ1) is 3.72. The summed E-state index contributed by atoms with van der Waals surface area (Å²) in [5, 5.41) is 17.6. The predicted octanol–water partition coefficient (Wildman–Crippen LogP) is 0.349. The summed E-state index contributed by atoms with van der Waals surface area (Å²) in [7, 11) is 0. The van der Waals surface area contributed by atoms with E-state index >= 15 is 0 Å². The lowest BCUT2D eigenvalue weighted by Gasteiger charge is -2.11. The number of hydrogen-bond acceptors (Lipinski definition) is 4. The van der Waals surface area contributed by atoms with E-state index < -0.39 is 10.9 Å². The van der Waals surface area contributed by atoms with Gasteiger partial charge in [-0.1, -0.05) is 0 Å². The Hall–Kier alpha value is 0.620. The molecule has 0 aliphatic heterocycles. The van der Waals surface area contributed by atoms with Gasteiger partial charge in [0.15, 0.2) is 0 Å². The Balaban J connectivity index is 3.29. The minimum atomic E-state index is -0.648. The van der Waals surface area contributed by atoms with Crippen LogP contribution >= 0.6 is 23.5 Å². The first-order valence-corrected chi connectivity index (χ1v) is 4.71. The molecule has 0 aliphatic carbocycles. The smallest absolute Gasteiger partial charge is 0.134 e. The van der Waals surface area contributed by atoms with Crippen LogP contribution in [0.15, 0.2) is 0 Å². The number of hydrogen-bond donors (Lipinski definition) is 2. The summed E-state index contributed by atoms with van der Waals surface area (Å²) in [4.78, 5) is 0. The van der Waals surface area contributed by atoms with Crippen LogP contribution in [0, 0.1) is 0 Å². The van der Waals surface area contributed by atoms with Gasteiger partial charge in [0.05, 0.1) is 0 Å². The van der Waals surface area contributed by atoms with Crippen molar-refractivity contribution in [3.8, 4) is 0 Å². The molecule has 2 unspecified atom stereocenters. The molecule has 0 saturated carbocycles. The molecule has 0 fully saturated rings. The van der Waals surface area contributed by atoms with Crippen molar-refractivity contribution in [2.75, 3.05) is 12.5 Å². The van der Waals surface area contributed by atoms with Crippen LogP contribution in [0.4, 0.5) is 0 Å². The van der Waals surface area contributed by atoms with Crippen LogP contribution in [-0.4, -0.2) is 33.6 Å². The average Bonchev–Trinajstić information content (AvgIpc) is 1.84. The van der Waals surface area contributed by atoms with Crippen LogP contribution in [-0.2, 0) is 0 Å². The van der Waals surface area contributed by atoms with Crippen LogP contribution < -0.4 is 0 Å². The molecule has 4 heteroatoms. The van der Waals surface area contributed by atoms with E-state index in [-0.39, 0.29) is 0 Å². The zero-order chi connectivity index (χ0) is 6.57. The molecule has 2 atom stereocenters. The Morgan fingerprint density at radius 2 is 1.25 bits per heavy atom. The van der Waals surface area contributed by atoms with E-state index in [1.807, 2.05) is 0 Å². The topological polar surface area (TPSA) is 40.5 Å². The Morgan fingerprint density at radius 1 is 1.00 bits per heavy atom. The van der Waals surface area contributed by atoms with Crippen LogP contribution in [0.1, 0.15) is 0 Å². The molecule has 0 amide bonds. The molecule has 0 heterocycles. The number of thioether (sulfide) groups is 2. The summed E-state index contributed by atoms with van der Waals surface area (Å²) in [6, 6.07) is 0. The highest BCUT2D eigenvalue weighted by Gasteiger charge is 2.11. The van der Waals surface area contributed by atoms with E-state index in [1.165, 1.54) is 23.5 Å². The van der Waals surface area contributed by atoms with E-state index in [0.29, 0.717) is 0 Å². The number of aliphatic hydroxyl groups is 2. The van der Waals surface area contributed by atoms with E-state index in [4.69, 9.17) is 10.2 Å². The van der Waals surface area contributed by atoms with Crippen molar-refractivity contribution in [3.05, 3.63) is 0 Å². The summed E-state index contributed by atoms with van der Waals surface area (Å²) < 4.78 is 0. The maximum Gasteiger partial charge on any atom is 0.134 e. The molecule has 0 rings (SSSR count). The maximum absolute atomic E-state index is 8.82. The van der Waals surface area contributed by atoms with Gasteiger partial charge >= 0.3 is 0 Å². The zero-order valence-corrected chi connectivity index (χ0v) is 6.50. The first-order valence-electron chi connectivity index (χ1n) is 2.14. The van der Waals surface area contributed by atoms with Gasteiger partial charge in [0.2, 0.25) is 0 Å². The van der Waals surface area contributed by atoms with Gasteiger partial charge < -0.3 is 10.2 Å². The van der Waals surface area contributed by atoms with Gasteiger partial charge in [0.25, 0.3) is 0 Å². The maximum atomic E-state index is 8.82. The van der Waals surface area contributed by atoms with E-state index in [2.05, 4.69) is 0 Å². The van der Waals surface area contributed by atoms with Crippen LogP contribution in [0.3, 0.4) is 0 Å². The second-order valence-electron chi connectivity index (χ2n) is 1.25. The Bertz CT molecular complexity index is 52.0. The lowest BCUT2D eigenvalue weighted by Crippen LogP contribution is -2.17. The Morgan fingerprint density at radius 3 is 1.38 bits per heavy atom. The molecule has 0 spiro atoms. The fourth-order valence-electron chi connectivity index (χ4n) is 0.233. The van der Waals surface area contributed by atoms with Gasteiger partial charge in [-0.05, 0) is 12.5 Å². The average molecular weight is 154 g/mol. The van der Waals surface area contributed by atoms with E-state index in [1.54, 1.807) is 12.5 Å². The van der Waals surface area contributed by atoms with Crippen molar-refractivity contribution >= 4 is 23.5 Å². The molecule has 0 radical (unpaired) electrons. The summed E-state index contributed by atoms with van der Waals surface area (Å²) in [6.45, 7) is 0. The van der Waals surface area contributed by atoms with Crippen molar-refractivity contribution in [2.45, 2.75) is 10.9 Å². The number of aliphatic hydroxyl groups excluding tert-OH is 2. The Labute approximate surface area is 57.7 Å². The minimum Gasteiger partial charge on any atom is -0.379 e. The second kappa shape index (κ2) is 4.49. The van der Waals surface area contributed by atoms with E-state index in [0.717, 1.165) is 0 Å². The SMILES string of the molecule is CSC(O)C(O)SC. The summed E-state index contributed by atoms with van der Waals surface area (Å²) in [6.07, 6.45) is 3.51. The van der Waals surface area contributed by atoms with Gasteiger partial charge in [0.1, 0.15) is 10.9 Å². The summed E-state index contributed by atoms with van der Waals surface area (Å²) in [5.41, 5.74) is -1.30. The molecule has 0 bridgehead atoms. The normalized spacial score (nSPS) is 18.0. The fraction of sp³-hybridized carbons (Fsp3) is 1.00. The standard InChI is InChI=1S/C4H10O2S2/c1-7-3(5)4(6)8-2/h3-6H,1-2H3. The van der Waals surface area contributed by atoms with Gasteiger partial charge in [-0.15, -0.1) is 23.5 Å². The minimum absolute atomic E-state index is 0.648. The van der Waals surface area contributed by atoms with Crippen molar-refractivity contribution in [3.63, 3.8) is 0 Å². The monoisotopic (exact) mass is 154 g/mol. The molecule has 0 saturated heterocycles. The van der Waals surface area contributed by atoms with Crippen LogP contribution in [0.5, 0.6) is 0 Å². The quantitative estimate of drug-likeness (QED) is 0.575. The fourth-order valence-corrected chi connectivity index (χ4v) is 1.37. The lowest BCUT2D eigenvalue weighted by atomic mass is 10.8. The third-order valence-electron chi connectivity index (χ3n) is 0.727. The van der Waals surface area contributed by atoms with Gasteiger partial charge in [-0.2, -0.15) is 0 Å². The highest BCUT2D eigenvalue weighted by molar-refractivity contribution is 8.02. The van der Waals surface area contributed by atoms with E-state index in [9.17, 15) is 0 Å². The van der Waals surface area contributed by atoms with Crippen molar-refractivity contribution in [1.29, 1.82) is 0 Å². The summed E-state index contributed by atoms with van der Waals surface area (Å²) >= 11 is 2.48. The largest absolute Gasteiger partial charge is 0.379 e. The van der Waals surface area contributed by atoms with Crippen LogP contribution in [0.2, 0.25) is 0 Å². The third-order valence-corrected chi connectivity index (χ3v) is 2.38. The molecule has 2 nitrogen and oxygen atoms in total. The van der Waals surface area contributed by atoms with Gasteiger partial charge in [-0.25, -0.2) is 0 Å². The molecule has 2 N–H and O–H groups in total. The molecule has 0 aliphatic rings. The lowest BCUT2D eigenvalue weighted by molar-refractivity contribution is 0.136. The molecular weight excluding hydrogens is 144 g/mol. The Kier molecular flexibility index (Phi) is 4.84. The number of rotatable bonds is 3. The van der Waals surface area contributed by atoms with Crippen molar-refractivity contribution in [2.24, 2.45) is 0 Å². The molecular formula is C4H10O2S2. The highest BCUT2D eigenvalue weighted by atomic mass is 32.2. The summed E-state index contributed by atoms with van der Waals surface area (Å²) in [5.74, 6) is 0. The molecule has 0 aromatic rings.